The van der Waals surface area contributed by atoms with Gasteiger partial charge in [0.25, 0.3) is 0 Å². The van der Waals surface area contributed by atoms with Crippen LogP contribution in [0.15, 0.2) is 12.2 Å². The number of ether oxygens (including phenoxy) is 2. The summed E-state index contributed by atoms with van der Waals surface area (Å²) in [6.07, 6.45) is 0. The molecule has 1 fully saturated rings. The highest BCUT2D eigenvalue weighted by atomic mass is 35.5. The van der Waals surface area contributed by atoms with Gasteiger partial charge in [-0.2, -0.15) is 0 Å². The first-order chi connectivity index (χ1) is 9.66. The molecule has 0 aromatic heterocycles. The zero-order valence-corrected chi connectivity index (χ0v) is 15.3. The van der Waals surface area contributed by atoms with E-state index in [1.807, 2.05) is 0 Å². The first-order valence-electron chi connectivity index (χ1n) is 7.92. The van der Waals surface area contributed by atoms with E-state index < -0.39 is 0 Å². The van der Waals surface area contributed by atoms with Crippen molar-refractivity contribution >= 4 is 11.6 Å². The molecule has 2 atom stereocenters. The molecule has 0 saturated carbocycles. The molecule has 124 valence electrons. The normalized spacial score (nSPS) is 25.8. The highest BCUT2D eigenvalue weighted by Gasteiger charge is 2.37. The van der Waals surface area contributed by atoms with Crippen molar-refractivity contribution in [3.8, 4) is 0 Å². The third-order valence-corrected chi connectivity index (χ3v) is 5.04. The second-order valence-corrected chi connectivity index (χ2v) is 7.36. The van der Waals surface area contributed by atoms with Crippen molar-refractivity contribution in [2.75, 3.05) is 32.2 Å². The quantitative estimate of drug-likeness (QED) is 0.528. The Morgan fingerprint density at radius 2 is 2.14 bits per heavy atom. The summed E-state index contributed by atoms with van der Waals surface area (Å²) in [4.78, 5) is 2.44. The van der Waals surface area contributed by atoms with Crippen LogP contribution in [0.4, 0.5) is 0 Å². The summed E-state index contributed by atoms with van der Waals surface area (Å²) in [5.74, 6) is 0.764. The first-order valence-corrected chi connectivity index (χ1v) is 8.46. The van der Waals surface area contributed by atoms with Crippen LogP contribution in [-0.2, 0) is 9.47 Å². The molecule has 0 N–H and O–H groups in total. The molecule has 1 rings (SSSR count). The van der Waals surface area contributed by atoms with Crippen molar-refractivity contribution in [3.05, 3.63) is 12.2 Å². The molecule has 0 spiro atoms. The maximum atomic E-state index is 6.28. The van der Waals surface area contributed by atoms with Crippen molar-refractivity contribution in [1.29, 1.82) is 0 Å². The van der Waals surface area contributed by atoms with Gasteiger partial charge in [0.15, 0.2) is 0 Å². The Bertz CT molecular complexity index is 357. The van der Waals surface area contributed by atoms with Gasteiger partial charge in [0.2, 0.25) is 0 Å². The second-order valence-electron chi connectivity index (χ2n) is 7.10. The molecule has 1 heterocycles. The Hall–Kier alpha value is -0.0900. The Labute approximate surface area is 135 Å². The molecule has 4 heteroatoms. The third-order valence-electron chi connectivity index (χ3n) is 4.71. The SMILES string of the molecule is C=C(CCl)C(C)(OCC1COC(C)(C)CN1CC)C(C)C. The van der Waals surface area contributed by atoms with Gasteiger partial charge in [-0.3, -0.25) is 4.90 Å². The minimum atomic E-state index is -0.381. The van der Waals surface area contributed by atoms with Gasteiger partial charge >= 0.3 is 0 Å². The van der Waals surface area contributed by atoms with E-state index in [0.717, 1.165) is 18.7 Å². The lowest BCUT2D eigenvalue weighted by Crippen LogP contribution is -2.56. The van der Waals surface area contributed by atoms with Gasteiger partial charge in [-0.25, -0.2) is 0 Å². The summed E-state index contributed by atoms with van der Waals surface area (Å²) in [7, 11) is 0. The number of morpholine rings is 1. The average molecular weight is 318 g/mol. The van der Waals surface area contributed by atoms with Gasteiger partial charge in [0, 0.05) is 12.4 Å². The maximum Gasteiger partial charge on any atom is 0.0895 e. The Kier molecular flexibility index (Phi) is 6.73. The minimum Gasteiger partial charge on any atom is -0.373 e. The summed E-state index contributed by atoms with van der Waals surface area (Å²) in [6, 6.07) is 0.296. The molecule has 2 unspecified atom stereocenters. The van der Waals surface area contributed by atoms with Crippen LogP contribution < -0.4 is 0 Å². The number of rotatable bonds is 7. The Morgan fingerprint density at radius 3 is 2.62 bits per heavy atom. The molecule has 0 aliphatic carbocycles. The largest absolute Gasteiger partial charge is 0.373 e. The molecule has 1 saturated heterocycles. The van der Waals surface area contributed by atoms with Crippen LogP contribution in [0.1, 0.15) is 41.5 Å². The van der Waals surface area contributed by atoms with Crippen LogP contribution in [0.25, 0.3) is 0 Å². The third kappa shape index (κ3) is 4.69. The van der Waals surface area contributed by atoms with Crippen LogP contribution in [0, 0.1) is 5.92 Å². The molecule has 0 radical (unpaired) electrons. The van der Waals surface area contributed by atoms with E-state index in [-0.39, 0.29) is 11.2 Å². The lowest BCUT2D eigenvalue weighted by molar-refractivity contribution is -0.144. The van der Waals surface area contributed by atoms with E-state index in [4.69, 9.17) is 21.1 Å². The first kappa shape index (κ1) is 19.0. The number of hydrogen-bond donors (Lipinski definition) is 0. The molecule has 21 heavy (non-hydrogen) atoms. The van der Waals surface area contributed by atoms with Gasteiger partial charge in [0.1, 0.15) is 0 Å². The smallest absolute Gasteiger partial charge is 0.0895 e. The molecular weight excluding hydrogens is 286 g/mol. The summed E-state index contributed by atoms with van der Waals surface area (Å²) in [5.41, 5.74) is 0.487. The van der Waals surface area contributed by atoms with Gasteiger partial charge in [-0.05, 0) is 38.8 Å². The fourth-order valence-corrected chi connectivity index (χ4v) is 2.96. The number of halogens is 1. The second kappa shape index (κ2) is 7.45. The summed E-state index contributed by atoms with van der Waals surface area (Å²) < 4.78 is 12.2. The number of hydrogen-bond acceptors (Lipinski definition) is 3. The lowest BCUT2D eigenvalue weighted by atomic mass is 9.86. The lowest BCUT2D eigenvalue weighted by Gasteiger charge is -2.45. The van der Waals surface area contributed by atoms with E-state index in [9.17, 15) is 0 Å². The van der Waals surface area contributed by atoms with Crippen molar-refractivity contribution in [2.24, 2.45) is 5.92 Å². The summed E-state index contributed by atoms with van der Waals surface area (Å²) in [5, 5.41) is 0. The summed E-state index contributed by atoms with van der Waals surface area (Å²) in [6.45, 7) is 20.2. The van der Waals surface area contributed by atoms with Crippen LogP contribution in [0.2, 0.25) is 0 Å². The fraction of sp³-hybridized carbons (Fsp3) is 0.882. The van der Waals surface area contributed by atoms with E-state index >= 15 is 0 Å². The average Bonchev–Trinajstić information content (AvgIpc) is 2.43. The van der Waals surface area contributed by atoms with E-state index in [1.165, 1.54) is 0 Å². The van der Waals surface area contributed by atoms with Crippen LogP contribution in [0.3, 0.4) is 0 Å². The molecule has 0 aromatic rings. The van der Waals surface area contributed by atoms with Gasteiger partial charge in [0.05, 0.1) is 30.5 Å². The fourth-order valence-electron chi connectivity index (χ4n) is 2.69. The van der Waals surface area contributed by atoms with E-state index in [0.29, 0.717) is 31.1 Å². The molecule has 3 nitrogen and oxygen atoms in total. The Morgan fingerprint density at radius 1 is 1.52 bits per heavy atom. The maximum absolute atomic E-state index is 6.28. The van der Waals surface area contributed by atoms with Crippen LogP contribution in [-0.4, -0.2) is 54.3 Å². The predicted octanol–water partition coefficient (Wildman–Crippen LogP) is 3.71. The van der Waals surface area contributed by atoms with Crippen molar-refractivity contribution in [1.82, 2.24) is 4.90 Å². The van der Waals surface area contributed by atoms with E-state index in [2.05, 4.69) is 53.0 Å². The van der Waals surface area contributed by atoms with Crippen molar-refractivity contribution in [3.63, 3.8) is 0 Å². The predicted molar refractivity (Wildman–Crippen MR) is 90.1 cm³/mol. The van der Waals surface area contributed by atoms with Crippen molar-refractivity contribution in [2.45, 2.75) is 58.8 Å². The molecule has 0 aromatic carbocycles. The minimum absolute atomic E-state index is 0.0758. The molecule has 0 bridgehead atoms. The number of likely N-dealkylation sites (N-methyl/N-ethyl adjacent to an activating group) is 1. The zero-order valence-electron chi connectivity index (χ0n) is 14.5. The van der Waals surface area contributed by atoms with Crippen LogP contribution in [0.5, 0.6) is 0 Å². The number of alkyl halides is 1. The van der Waals surface area contributed by atoms with Crippen LogP contribution >= 0.6 is 11.6 Å². The highest BCUT2D eigenvalue weighted by Crippen LogP contribution is 2.31. The van der Waals surface area contributed by atoms with Crippen molar-refractivity contribution < 1.29 is 9.47 Å². The standard InChI is InChI=1S/C17H32ClNO2/c1-8-19-12-16(5,6)20-10-15(19)11-21-17(7,13(2)3)14(4)9-18/h13,15H,4,8-12H2,1-3,5-7H3. The molecular formula is C17H32ClNO2. The summed E-state index contributed by atoms with van der Waals surface area (Å²) >= 11 is 5.98. The number of nitrogens with zero attached hydrogens (tertiary/aromatic N) is 1. The molecule has 1 aliphatic heterocycles. The van der Waals surface area contributed by atoms with Gasteiger partial charge in [-0.15, -0.1) is 11.6 Å². The zero-order chi connectivity index (χ0) is 16.3. The van der Waals surface area contributed by atoms with Gasteiger partial charge in [-0.1, -0.05) is 27.4 Å². The highest BCUT2D eigenvalue weighted by molar-refractivity contribution is 6.19. The monoisotopic (exact) mass is 317 g/mol. The Balaban J connectivity index is 2.70. The van der Waals surface area contributed by atoms with Gasteiger partial charge < -0.3 is 9.47 Å². The topological polar surface area (TPSA) is 21.7 Å². The molecule has 0 amide bonds. The molecule has 1 aliphatic rings. The van der Waals surface area contributed by atoms with E-state index in [1.54, 1.807) is 0 Å².